The average molecular weight is 279 g/mol. The van der Waals surface area contributed by atoms with Crippen molar-refractivity contribution >= 4 is 32.6 Å². The van der Waals surface area contributed by atoms with E-state index in [2.05, 4.69) is 9.44 Å². The van der Waals surface area contributed by atoms with Gasteiger partial charge in [-0.25, -0.2) is 0 Å². The van der Waals surface area contributed by atoms with E-state index in [0.717, 1.165) is 6.26 Å². The number of hydrogen-bond donors (Lipinski definition) is 0. The Labute approximate surface area is 102 Å². The molecule has 9 heteroatoms. The number of halogens is 1. The van der Waals surface area contributed by atoms with Crippen molar-refractivity contribution in [1.82, 2.24) is 0 Å². The first kappa shape index (κ1) is 13.4. The summed E-state index contributed by atoms with van der Waals surface area (Å²) < 4.78 is 25.4. The van der Waals surface area contributed by atoms with Crippen LogP contribution in [0.5, 0.6) is 0 Å². The van der Waals surface area contributed by atoms with Crippen LogP contribution in [-0.2, 0) is 14.4 Å². The molecule has 0 heterocycles. The van der Waals surface area contributed by atoms with Gasteiger partial charge < -0.3 is 0 Å². The molecule has 1 aromatic rings. The summed E-state index contributed by atoms with van der Waals surface area (Å²) in [6, 6.07) is 5.49. The summed E-state index contributed by atoms with van der Waals surface area (Å²) in [5.41, 5.74) is -0.318. The third kappa shape index (κ3) is 4.00. The van der Waals surface area contributed by atoms with Gasteiger partial charge in [0, 0.05) is 6.07 Å². The molecular formula is C8H7ClN2O5S. The quantitative estimate of drug-likeness (QED) is 0.472. The van der Waals surface area contributed by atoms with Crippen molar-refractivity contribution in [1.29, 1.82) is 0 Å². The van der Waals surface area contributed by atoms with E-state index in [1.165, 1.54) is 24.3 Å². The van der Waals surface area contributed by atoms with Crippen LogP contribution in [0, 0.1) is 10.1 Å². The third-order valence-electron chi connectivity index (χ3n) is 1.58. The number of para-hydroxylation sites is 1. The molecule has 1 aromatic carbocycles. The number of rotatable bonds is 4. The van der Waals surface area contributed by atoms with Gasteiger partial charge in [0.1, 0.15) is 0 Å². The van der Waals surface area contributed by atoms with Crippen LogP contribution in [0.1, 0.15) is 5.56 Å². The molecule has 0 saturated carbocycles. The van der Waals surface area contributed by atoms with Crippen LogP contribution in [0.15, 0.2) is 29.4 Å². The summed E-state index contributed by atoms with van der Waals surface area (Å²) in [5, 5.41) is 13.3. The van der Waals surface area contributed by atoms with E-state index >= 15 is 0 Å². The molecule has 0 spiro atoms. The Kier molecular flexibility index (Phi) is 4.02. The molecule has 7 nitrogen and oxygen atoms in total. The van der Waals surface area contributed by atoms with Gasteiger partial charge in [-0.2, -0.15) is 8.42 Å². The normalized spacial score (nSPS) is 12.2. The Balaban J connectivity index is 3.12. The van der Waals surface area contributed by atoms with Gasteiger partial charge in [0.25, 0.3) is 5.69 Å². The lowest BCUT2D eigenvalue weighted by Gasteiger charge is -1.99. The second-order valence-electron chi connectivity index (χ2n) is 2.94. The average Bonchev–Trinajstić information content (AvgIpc) is 2.25. The monoisotopic (exact) mass is 278 g/mol. The molecular weight excluding hydrogens is 272 g/mol. The summed E-state index contributed by atoms with van der Waals surface area (Å²) in [6.45, 7) is 0. The first-order valence-electron chi connectivity index (χ1n) is 4.17. The summed E-state index contributed by atoms with van der Waals surface area (Å²) in [7, 11) is -3.80. The molecule has 17 heavy (non-hydrogen) atoms. The van der Waals surface area contributed by atoms with Gasteiger partial charge in [-0.1, -0.05) is 28.9 Å². The van der Waals surface area contributed by atoms with E-state index in [1.807, 2.05) is 0 Å². The number of nitro groups is 1. The lowest BCUT2D eigenvalue weighted by Crippen LogP contribution is -2.02. The molecule has 0 aliphatic rings. The molecule has 0 aliphatic heterocycles. The Morgan fingerprint density at radius 3 is 2.59 bits per heavy atom. The van der Waals surface area contributed by atoms with E-state index in [1.54, 1.807) is 0 Å². The Morgan fingerprint density at radius 2 is 2.06 bits per heavy atom. The van der Waals surface area contributed by atoms with Crippen molar-refractivity contribution in [2.75, 3.05) is 6.26 Å². The molecule has 0 radical (unpaired) electrons. The van der Waals surface area contributed by atoms with Crippen LogP contribution < -0.4 is 0 Å². The predicted molar refractivity (Wildman–Crippen MR) is 61.4 cm³/mol. The number of nitrogens with zero attached hydrogens (tertiary/aromatic N) is 2. The maximum absolute atomic E-state index is 10.7. The number of nitro benzene ring substituents is 1. The topological polar surface area (TPSA) is 98.9 Å². The van der Waals surface area contributed by atoms with Gasteiger partial charge in [0.2, 0.25) is 0 Å². The van der Waals surface area contributed by atoms with Crippen LogP contribution in [0.3, 0.4) is 0 Å². The third-order valence-corrected chi connectivity index (χ3v) is 2.19. The maximum Gasteiger partial charge on any atom is 0.325 e. The second-order valence-corrected chi connectivity index (χ2v) is 4.85. The van der Waals surface area contributed by atoms with Crippen LogP contribution >= 0.6 is 11.6 Å². The van der Waals surface area contributed by atoms with Crippen molar-refractivity contribution in [3.8, 4) is 0 Å². The fourth-order valence-electron chi connectivity index (χ4n) is 0.957. The minimum absolute atomic E-state index is 0.0252. The van der Waals surface area contributed by atoms with Gasteiger partial charge in [-0.15, -0.1) is 0 Å². The molecule has 0 aliphatic carbocycles. The van der Waals surface area contributed by atoms with Crippen molar-refractivity contribution < 1.29 is 17.6 Å². The van der Waals surface area contributed by atoms with Crippen LogP contribution in [0.4, 0.5) is 5.69 Å². The Morgan fingerprint density at radius 1 is 1.47 bits per heavy atom. The largest absolute Gasteiger partial charge is 0.325 e. The maximum atomic E-state index is 10.7. The van der Waals surface area contributed by atoms with E-state index in [9.17, 15) is 18.5 Å². The number of benzene rings is 1. The molecule has 0 fully saturated rings. The minimum Gasteiger partial charge on any atom is -0.267 e. The van der Waals surface area contributed by atoms with E-state index in [-0.39, 0.29) is 11.3 Å². The lowest BCUT2D eigenvalue weighted by molar-refractivity contribution is -0.385. The molecule has 0 bridgehead atoms. The zero-order chi connectivity index (χ0) is 13.1. The smallest absolute Gasteiger partial charge is 0.267 e. The molecule has 1 rings (SSSR count). The SMILES string of the molecule is CS(=O)(=O)O/N=C(\Cl)c1ccccc1[N+](=O)[O-]. The highest BCUT2D eigenvalue weighted by molar-refractivity contribution is 7.85. The summed E-state index contributed by atoms with van der Waals surface area (Å²) in [5.74, 6) is 0. The molecule has 0 aromatic heterocycles. The molecule has 0 unspecified atom stereocenters. The number of oxime groups is 1. The Hall–Kier alpha value is -1.67. The molecule has 92 valence electrons. The fraction of sp³-hybridized carbons (Fsp3) is 0.125. The van der Waals surface area contributed by atoms with Gasteiger partial charge >= 0.3 is 10.1 Å². The summed E-state index contributed by atoms with van der Waals surface area (Å²) in [6.07, 6.45) is 0.778. The van der Waals surface area contributed by atoms with Gasteiger partial charge in [0.15, 0.2) is 5.17 Å². The Bertz CT molecular complexity index is 569. The van der Waals surface area contributed by atoms with E-state index in [4.69, 9.17) is 11.6 Å². The van der Waals surface area contributed by atoms with Gasteiger partial charge in [0.05, 0.1) is 16.7 Å². The molecule has 0 atom stereocenters. The highest BCUT2D eigenvalue weighted by atomic mass is 35.5. The molecule has 0 N–H and O–H groups in total. The first-order chi connectivity index (χ1) is 7.81. The fourth-order valence-corrected chi connectivity index (χ4v) is 1.40. The van der Waals surface area contributed by atoms with Gasteiger partial charge in [-0.3, -0.25) is 14.4 Å². The standard InChI is InChI=1S/C8H7ClN2O5S/c1-17(14,15)16-10-8(9)6-4-2-3-5-7(6)11(12)13/h2-5H,1H3/b10-8-. The summed E-state index contributed by atoms with van der Waals surface area (Å²) >= 11 is 5.62. The van der Waals surface area contributed by atoms with Crippen molar-refractivity contribution in [3.63, 3.8) is 0 Å². The zero-order valence-electron chi connectivity index (χ0n) is 8.53. The van der Waals surface area contributed by atoms with Crippen molar-refractivity contribution in [2.24, 2.45) is 5.16 Å². The minimum atomic E-state index is -3.80. The molecule has 0 saturated heterocycles. The van der Waals surface area contributed by atoms with E-state index in [0.29, 0.717) is 0 Å². The van der Waals surface area contributed by atoms with Gasteiger partial charge in [-0.05, 0) is 6.07 Å². The van der Waals surface area contributed by atoms with Crippen LogP contribution in [0.25, 0.3) is 0 Å². The highest BCUT2D eigenvalue weighted by Crippen LogP contribution is 2.20. The first-order valence-corrected chi connectivity index (χ1v) is 6.36. The second kappa shape index (κ2) is 5.11. The van der Waals surface area contributed by atoms with Crippen LogP contribution in [0.2, 0.25) is 0 Å². The lowest BCUT2D eigenvalue weighted by atomic mass is 10.2. The predicted octanol–water partition coefficient (Wildman–Crippen LogP) is 1.47. The zero-order valence-corrected chi connectivity index (χ0v) is 10.1. The van der Waals surface area contributed by atoms with E-state index < -0.39 is 20.2 Å². The van der Waals surface area contributed by atoms with Crippen molar-refractivity contribution in [2.45, 2.75) is 0 Å². The number of hydrogen-bond acceptors (Lipinski definition) is 6. The summed E-state index contributed by atoms with van der Waals surface area (Å²) in [4.78, 5) is 10.0. The molecule has 0 amide bonds. The highest BCUT2D eigenvalue weighted by Gasteiger charge is 2.17. The van der Waals surface area contributed by atoms with Crippen molar-refractivity contribution in [3.05, 3.63) is 39.9 Å². The van der Waals surface area contributed by atoms with Crippen LogP contribution in [-0.4, -0.2) is 24.8 Å².